The van der Waals surface area contributed by atoms with Crippen molar-refractivity contribution in [2.24, 2.45) is 5.41 Å². The minimum absolute atomic E-state index is 0.0379. The zero-order valence-electron chi connectivity index (χ0n) is 13.0. The molecule has 4 heteroatoms. The fraction of sp³-hybridized carbons (Fsp3) is 0.562. The monoisotopic (exact) mass is 279 g/mol. The summed E-state index contributed by atoms with van der Waals surface area (Å²) in [4.78, 5) is 12.4. The first kappa shape index (κ1) is 16.5. The van der Waals surface area contributed by atoms with E-state index in [1.54, 1.807) is 7.11 Å². The molecule has 0 radical (unpaired) electrons. The second-order valence-corrected chi connectivity index (χ2v) is 6.36. The van der Waals surface area contributed by atoms with Crippen molar-refractivity contribution in [2.75, 3.05) is 20.3 Å². The summed E-state index contributed by atoms with van der Waals surface area (Å²) in [5.41, 5.74) is -0.0127. The van der Waals surface area contributed by atoms with Gasteiger partial charge in [-0.05, 0) is 31.5 Å². The highest BCUT2D eigenvalue weighted by Crippen LogP contribution is 2.26. The van der Waals surface area contributed by atoms with E-state index < -0.39 is 5.41 Å². The Labute approximate surface area is 121 Å². The van der Waals surface area contributed by atoms with Crippen molar-refractivity contribution < 1.29 is 14.6 Å². The summed E-state index contributed by atoms with van der Waals surface area (Å²) in [6.07, 6.45) is 0. The van der Waals surface area contributed by atoms with E-state index in [0.717, 1.165) is 11.3 Å². The van der Waals surface area contributed by atoms with Gasteiger partial charge in [0, 0.05) is 18.6 Å². The van der Waals surface area contributed by atoms with Gasteiger partial charge in [0.1, 0.15) is 5.75 Å². The summed E-state index contributed by atoms with van der Waals surface area (Å²) in [6.45, 7) is 8.08. The number of ether oxygens (including phenoxy) is 1. The van der Waals surface area contributed by atoms with Gasteiger partial charge in [-0.1, -0.05) is 26.0 Å². The van der Waals surface area contributed by atoms with Crippen molar-refractivity contribution in [1.82, 2.24) is 5.32 Å². The van der Waals surface area contributed by atoms with Gasteiger partial charge in [-0.15, -0.1) is 0 Å². The number of aliphatic hydroxyl groups is 1. The molecule has 112 valence electrons. The predicted octanol–water partition coefficient (Wildman–Crippen LogP) is 2.11. The average Bonchev–Trinajstić information content (AvgIpc) is 2.44. The molecule has 0 saturated carbocycles. The third-order valence-electron chi connectivity index (χ3n) is 3.53. The number of aliphatic hydroxyl groups excluding tert-OH is 1. The minimum Gasteiger partial charge on any atom is -0.497 e. The van der Waals surface area contributed by atoms with Crippen LogP contribution in [0.2, 0.25) is 0 Å². The van der Waals surface area contributed by atoms with Gasteiger partial charge in [0.25, 0.3) is 0 Å². The molecule has 0 aliphatic rings. The van der Waals surface area contributed by atoms with Crippen LogP contribution >= 0.6 is 0 Å². The van der Waals surface area contributed by atoms with Crippen LogP contribution in [0.5, 0.6) is 5.75 Å². The summed E-state index contributed by atoms with van der Waals surface area (Å²) in [5, 5.41) is 12.1. The molecule has 20 heavy (non-hydrogen) atoms. The van der Waals surface area contributed by atoms with Gasteiger partial charge in [0.2, 0.25) is 5.91 Å². The average molecular weight is 279 g/mol. The van der Waals surface area contributed by atoms with E-state index in [0.29, 0.717) is 6.54 Å². The highest BCUT2D eigenvalue weighted by atomic mass is 16.5. The van der Waals surface area contributed by atoms with Crippen LogP contribution < -0.4 is 10.1 Å². The van der Waals surface area contributed by atoms with Crippen molar-refractivity contribution in [3.05, 3.63) is 29.8 Å². The predicted molar refractivity (Wildman–Crippen MR) is 79.9 cm³/mol. The van der Waals surface area contributed by atoms with Crippen LogP contribution in [0, 0.1) is 5.41 Å². The summed E-state index contributed by atoms with van der Waals surface area (Å²) in [6, 6.07) is 7.50. The zero-order chi connectivity index (χ0) is 15.4. The standard InChI is InChI=1S/C16H25NO3/c1-15(2,11-18)10-17-14(19)16(3,4)12-6-8-13(20-5)9-7-12/h6-9,18H,10-11H2,1-5H3,(H,17,19). The maximum atomic E-state index is 12.4. The summed E-state index contributed by atoms with van der Waals surface area (Å²) >= 11 is 0. The number of carbonyl (C=O) groups excluding carboxylic acids is 1. The van der Waals surface area contributed by atoms with E-state index in [9.17, 15) is 9.90 Å². The second-order valence-electron chi connectivity index (χ2n) is 6.36. The molecule has 0 aromatic heterocycles. The number of rotatable bonds is 6. The topological polar surface area (TPSA) is 58.6 Å². The molecule has 0 atom stereocenters. The quantitative estimate of drug-likeness (QED) is 0.838. The zero-order valence-corrected chi connectivity index (χ0v) is 13.0. The van der Waals surface area contributed by atoms with Crippen molar-refractivity contribution >= 4 is 5.91 Å². The van der Waals surface area contributed by atoms with Gasteiger partial charge in [0.05, 0.1) is 12.5 Å². The Morgan fingerprint density at radius 2 is 1.75 bits per heavy atom. The number of hydrogen-bond donors (Lipinski definition) is 2. The van der Waals surface area contributed by atoms with Gasteiger partial charge in [-0.25, -0.2) is 0 Å². The number of methoxy groups -OCH3 is 1. The molecule has 0 saturated heterocycles. The van der Waals surface area contributed by atoms with Crippen LogP contribution in [0.15, 0.2) is 24.3 Å². The smallest absolute Gasteiger partial charge is 0.230 e. The highest BCUT2D eigenvalue weighted by molar-refractivity contribution is 5.87. The Balaban J connectivity index is 2.78. The molecule has 4 nitrogen and oxygen atoms in total. The third-order valence-corrected chi connectivity index (χ3v) is 3.53. The van der Waals surface area contributed by atoms with Crippen LogP contribution in [-0.4, -0.2) is 31.3 Å². The maximum Gasteiger partial charge on any atom is 0.230 e. The van der Waals surface area contributed by atoms with Gasteiger partial charge in [-0.3, -0.25) is 4.79 Å². The first-order valence-corrected chi connectivity index (χ1v) is 6.76. The lowest BCUT2D eigenvalue weighted by molar-refractivity contribution is -0.126. The maximum absolute atomic E-state index is 12.4. The van der Waals surface area contributed by atoms with E-state index in [1.807, 2.05) is 52.0 Å². The lowest BCUT2D eigenvalue weighted by Crippen LogP contribution is -2.44. The number of carbonyl (C=O) groups is 1. The van der Waals surface area contributed by atoms with Crippen molar-refractivity contribution in [2.45, 2.75) is 33.1 Å². The SMILES string of the molecule is COc1ccc(C(C)(C)C(=O)NCC(C)(C)CO)cc1. The first-order valence-electron chi connectivity index (χ1n) is 6.76. The Hall–Kier alpha value is -1.55. The van der Waals surface area contributed by atoms with Crippen LogP contribution in [-0.2, 0) is 10.2 Å². The number of hydrogen-bond acceptors (Lipinski definition) is 3. The van der Waals surface area contributed by atoms with E-state index in [4.69, 9.17) is 4.74 Å². The molecule has 0 aliphatic heterocycles. The lowest BCUT2D eigenvalue weighted by atomic mass is 9.83. The van der Waals surface area contributed by atoms with E-state index in [1.165, 1.54) is 0 Å². The van der Waals surface area contributed by atoms with E-state index in [2.05, 4.69) is 5.32 Å². The Bertz CT molecular complexity index is 449. The summed E-state index contributed by atoms with van der Waals surface area (Å²) in [7, 11) is 1.61. The van der Waals surface area contributed by atoms with Crippen LogP contribution in [0.4, 0.5) is 0 Å². The van der Waals surface area contributed by atoms with Gasteiger partial charge < -0.3 is 15.2 Å². The van der Waals surface area contributed by atoms with Gasteiger partial charge in [0.15, 0.2) is 0 Å². The molecule has 0 unspecified atom stereocenters. The van der Waals surface area contributed by atoms with Crippen LogP contribution in [0.1, 0.15) is 33.3 Å². The molecule has 1 aromatic carbocycles. The fourth-order valence-corrected chi connectivity index (χ4v) is 1.74. The Kier molecular flexibility index (Phi) is 5.17. The molecule has 2 N–H and O–H groups in total. The Morgan fingerprint density at radius 3 is 2.20 bits per heavy atom. The minimum atomic E-state index is -0.627. The fourth-order valence-electron chi connectivity index (χ4n) is 1.74. The van der Waals surface area contributed by atoms with Crippen molar-refractivity contribution in [3.8, 4) is 5.75 Å². The number of benzene rings is 1. The van der Waals surface area contributed by atoms with Crippen LogP contribution in [0.3, 0.4) is 0 Å². The van der Waals surface area contributed by atoms with E-state index in [-0.39, 0.29) is 17.9 Å². The Morgan fingerprint density at radius 1 is 1.20 bits per heavy atom. The van der Waals surface area contributed by atoms with Gasteiger partial charge >= 0.3 is 0 Å². The molecular weight excluding hydrogens is 254 g/mol. The highest BCUT2D eigenvalue weighted by Gasteiger charge is 2.30. The number of nitrogens with one attached hydrogen (secondary N) is 1. The summed E-state index contributed by atoms with van der Waals surface area (Å²) < 4.78 is 5.12. The molecule has 0 bridgehead atoms. The molecule has 0 fully saturated rings. The molecule has 1 rings (SSSR count). The van der Waals surface area contributed by atoms with Gasteiger partial charge in [-0.2, -0.15) is 0 Å². The van der Waals surface area contributed by atoms with Crippen molar-refractivity contribution in [3.63, 3.8) is 0 Å². The molecule has 0 aliphatic carbocycles. The molecule has 1 amide bonds. The largest absolute Gasteiger partial charge is 0.497 e. The summed E-state index contributed by atoms with van der Waals surface area (Å²) in [5.74, 6) is 0.718. The van der Waals surface area contributed by atoms with Crippen molar-refractivity contribution in [1.29, 1.82) is 0 Å². The first-order chi connectivity index (χ1) is 9.23. The lowest BCUT2D eigenvalue weighted by Gasteiger charge is -2.28. The number of amides is 1. The molecular formula is C16H25NO3. The molecule has 0 heterocycles. The molecule has 0 spiro atoms. The second kappa shape index (κ2) is 6.27. The third kappa shape index (κ3) is 3.97. The normalized spacial score (nSPS) is 12.1. The van der Waals surface area contributed by atoms with E-state index >= 15 is 0 Å². The molecule has 1 aromatic rings. The van der Waals surface area contributed by atoms with Crippen LogP contribution in [0.25, 0.3) is 0 Å².